The molecule has 1 amide bonds. The third kappa shape index (κ3) is 5.77. The van der Waals surface area contributed by atoms with Crippen molar-refractivity contribution in [2.24, 2.45) is 0 Å². The van der Waals surface area contributed by atoms with Crippen LogP contribution in [0.25, 0.3) is 0 Å². The highest BCUT2D eigenvalue weighted by molar-refractivity contribution is 7.99. The Labute approximate surface area is 171 Å². The highest BCUT2D eigenvalue weighted by Gasteiger charge is 2.18. The van der Waals surface area contributed by atoms with Gasteiger partial charge in [0.05, 0.1) is 11.8 Å². The second-order valence-corrected chi connectivity index (χ2v) is 6.99. The monoisotopic (exact) mass is 418 g/mol. The van der Waals surface area contributed by atoms with Gasteiger partial charge in [0.15, 0.2) is 5.16 Å². The van der Waals surface area contributed by atoms with Crippen LogP contribution in [0, 0.1) is 0 Å². The fourth-order valence-corrected chi connectivity index (χ4v) is 3.54. The van der Waals surface area contributed by atoms with Gasteiger partial charge in [-0.1, -0.05) is 54.2 Å². The van der Waals surface area contributed by atoms with E-state index in [1.165, 1.54) is 23.9 Å². The molecule has 2 aromatic carbocycles. The van der Waals surface area contributed by atoms with Gasteiger partial charge in [0.25, 0.3) is 0 Å². The minimum absolute atomic E-state index is 0.0661. The molecule has 3 aromatic rings. The Morgan fingerprint density at radius 2 is 1.83 bits per heavy atom. The number of rotatable bonds is 9. The number of amides is 1. The van der Waals surface area contributed by atoms with Crippen LogP contribution in [0.5, 0.6) is 5.75 Å². The molecule has 152 valence electrons. The first-order valence-corrected chi connectivity index (χ1v) is 9.95. The van der Waals surface area contributed by atoms with E-state index in [1.54, 1.807) is 18.5 Å². The topological polar surface area (TPSA) is 69.0 Å². The summed E-state index contributed by atoms with van der Waals surface area (Å²) in [6.07, 6.45) is 1.62. The molecule has 1 aromatic heterocycles. The van der Waals surface area contributed by atoms with Crippen LogP contribution in [-0.2, 0) is 11.3 Å². The lowest BCUT2D eigenvalue weighted by molar-refractivity contribution is -0.119. The van der Waals surface area contributed by atoms with E-state index >= 15 is 0 Å². The van der Waals surface area contributed by atoms with Crippen LogP contribution in [0.3, 0.4) is 0 Å². The summed E-state index contributed by atoms with van der Waals surface area (Å²) in [5.41, 5.74) is 1.64. The van der Waals surface area contributed by atoms with Crippen molar-refractivity contribution in [3.05, 3.63) is 72.1 Å². The van der Waals surface area contributed by atoms with Gasteiger partial charge in [0.1, 0.15) is 12.1 Å². The summed E-state index contributed by atoms with van der Waals surface area (Å²) < 4.78 is 31.0. The molecule has 1 N–H and O–H groups in total. The van der Waals surface area contributed by atoms with Crippen LogP contribution in [-0.4, -0.2) is 33.0 Å². The average molecular weight is 418 g/mol. The fourth-order valence-electron chi connectivity index (χ4n) is 2.75. The molecule has 29 heavy (non-hydrogen) atoms. The van der Waals surface area contributed by atoms with Crippen LogP contribution in [0.15, 0.2) is 66.1 Å². The van der Waals surface area contributed by atoms with Crippen LogP contribution in [0.2, 0.25) is 0 Å². The van der Waals surface area contributed by atoms with Crippen LogP contribution < -0.4 is 10.1 Å². The fraction of sp³-hybridized carbons (Fsp3) is 0.250. The summed E-state index contributed by atoms with van der Waals surface area (Å²) in [7, 11) is 0. The number of nitrogens with zero attached hydrogens (tertiary/aromatic N) is 3. The maximum absolute atomic E-state index is 12.6. The molecule has 0 aliphatic carbocycles. The quantitative estimate of drug-likeness (QED) is 0.534. The zero-order valence-corrected chi connectivity index (χ0v) is 16.5. The number of carbonyl (C=O) groups is 1. The van der Waals surface area contributed by atoms with E-state index in [0.29, 0.717) is 5.16 Å². The van der Waals surface area contributed by atoms with Gasteiger partial charge in [-0.2, -0.15) is 8.78 Å². The number of alkyl halides is 2. The molecule has 0 saturated heterocycles. The van der Waals surface area contributed by atoms with Gasteiger partial charge in [-0.05, 0) is 30.2 Å². The van der Waals surface area contributed by atoms with Gasteiger partial charge in [0, 0.05) is 6.54 Å². The number of nitrogens with one attached hydrogen (secondary N) is 1. The number of hydrogen-bond donors (Lipinski definition) is 1. The lowest BCUT2D eigenvalue weighted by Crippen LogP contribution is -2.30. The van der Waals surface area contributed by atoms with Gasteiger partial charge in [0.2, 0.25) is 5.91 Å². The minimum atomic E-state index is -2.88. The van der Waals surface area contributed by atoms with Crippen LogP contribution in [0.1, 0.15) is 24.1 Å². The standard InChI is InChI=1S/C20H20F2N4O2S/c1-2-26-13-23-25-20(26)29-12-17(27)24-18(14-6-4-3-5-7-14)15-8-10-16(11-9-15)28-19(21)22/h3-11,13,18-19H,2,12H2,1H3,(H,24,27)/t18-/m1/s1. The summed E-state index contributed by atoms with van der Waals surface area (Å²) in [6.45, 7) is -0.190. The second kappa shape index (κ2) is 10.0. The number of halogens is 2. The number of ether oxygens (including phenoxy) is 1. The van der Waals surface area contributed by atoms with E-state index in [2.05, 4.69) is 20.3 Å². The van der Waals surface area contributed by atoms with E-state index in [1.807, 2.05) is 41.8 Å². The van der Waals surface area contributed by atoms with Crippen molar-refractivity contribution in [1.29, 1.82) is 0 Å². The number of hydrogen-bond acceptors (Lipinski definition) is 5. The number of thioether (sulfide) groups is 1. The summed E-state index contributed by atoms with van der Waals surface area (Å²) in [5, 5.41) is 11.5. The molecule has 0 spiro atoms. The molecular weight excluding hydrogens is 398 g/mol. The van der Waals surface area contributed by atoms with Gasteiger partial charge in [-0.15, -0.1) is 10.2 Å². The van der Waals surface area contributed by atoms with E-state index in [0.717, 1.165) is 17.7 Å². The third-order valence-corrected chi connectivity index (χ3v) is 5.11. The molecular formula is C20H20F2N4O2S. The lowest BCUT2D eigenvalue weighted by atomic mass is 9.98. The van der Waals surface area contributed by atoms with Crippen molar-refractivity contribution in [2.75, 3.05) is 5.75 Å². The molecule has 0 bridgehead atoms. The molecule has 9 heteroatoms. The lowest BCUT2D eigenvalue weighted by Gasteiger charge is -2.20. The van der Waals surface area contributed by atoms with Crippen molar-refractivity contribution in [1.82, 2.24) is 20.1 Å². The van der Waals surface area contributed by atoms with Crippen molar-refractivity contribution < 1.29 is 18.3 Å². The Bertz CT molecular complexity index is 920. The maximum atomic E-state index is 12.6. The number of carbonyl (C=O) groups excluding carboxylic acids is 1. The predicted molar refractivity (Wildman–Crippen MR) is 106 cm³/mol. The first-order valence-electron chi connectivity index (χ1n) is 8.96. The summed E-state index contributed by atoms with van der Waals surface area (Å²) in [4.78, 5) is 12.6. The van der Waals surface area contributed by atoms with Crippen molar-refractivity contribution in [2.45, 2.75) is 31.3 Å². The van der Waals surface area contributed by atoms with Crippen molar-refractivity contribution in [3.8, 4) is 5.75 Å². The highest BCUT2D eigenvalue weighted by Crippen LogP contribution is 2.25. The molecule has 0 saturated carbocycles. The third-order valence-electron chi connectivity index (χ3n) is 4.13. The molecule has 0 fully saturated rings. The molecule has 0 aliphatic rings. The van der Waals surface area contributed by atoms with E-state index in [-0.39, 0.29) is 17.4 Å². The SMILES string of the molecule is CCn1cnnc1SCC(=O)N[C@H](c1ccccc1)c1ccc(OC(F)F)cc1. The molecule has 0 unspecified atom stereocenters. The van der Waals surface area contributed by atoms with E-state index in [9.17, 15) is 13.6 Å². The number of aromatic nitrogens is 3. The highest BCUT2D eigenvalue weighted by atomic mass is 32.2. The van der Waals surface area contributed by atoms with Gasteiger partial charge < -0.3 is 14.6 Å². The zero-order chi connectivity index (χ0) is 20.6. The molecule has 3 rings (SSSR count). The Morgan fingerprint density at radius 1 is 1.14 bits per heavy atom. The molecule has 6 nitrogen and oxygen atoms in total. The minimum Gasteiger partial charge on any atom is -0.435 e. The van der Waals surface area contributed by atoms with Crippen molar-refractivity contribution in [3.63, 3.8) is 0 Å². The summed E-state index contributed by atoms with van der Waals surface area (Å²) in [6, 6.07) is 15.3. The number of aryl methyl sites for hydroxylation is 1. The van der Waals surface area contributed by atoms with Crippen LogP contribution in [0.4, 0.5) is 8.78 Å². The smallest absolute Gasteiger partial charge is 0.387 e. The van der Waals surface area contributed by atoms with E-state index < -0.39 is 12.7 Å². The largest absolute Gasteiger partial charge is 0.435 e. The Morgan fingerprint density at radius 3 is 2.48 bits per heavy atom. The summed E-state index contributed by atoms with van der Waals surface area (Å²) >= 11 is 1.30. The van der Waals surface area contributed by atoms with Crippen molar-refractivity contribution >= 4 is 17.7 Å². The summed E-state index contributed by atoms with van der Waals surface area (Å²) in [5.74, 6) is 0.0629. The number of benzene rings is 2. The Hall–Kier alpha value is -2.94. The predicted octanol–water partition coefficient (Wildman–Crippen LogP) is 3.90. The first kappa shape index (κ1) is 20.8. The normalized spacial score (nSPS) is 12.0. The molecule has 1 heterocycles. The molecule has 0 aliphatic heterocycles. The van der Waals surface area contributed by atoms with Gasteiger partial charge >= 0.3 is 6.61 Å². The van der Waals surface area contributed by atoms with Gasteiger partial charge in [-0.25, -0.2) is 0 Å². The molecule has 0 radical (unpaired) electrons. The van der Waals surface area contributed by atoms with E-state index in [4.69, 9.17) is 0 Å². The Balaban J connectivity index is 1.73. The first-order chi connectivity index (χ1) is 14.1. The van der Waals surface area contributed by atoms with Gasteiger partial charge in [-0.3, -0.25) is 4.79 Å². The zero-order valence-electron chi connectivity index (χ0n) is 15.7. The second-order valence-electron chi connectivity index (χ2n) is 6.05. The average Bonchev–Trinajstić information content (AvgIpc) is 3.19. The maximum Gasteiger partial charge on any atom is 0.387 e. The molecule has 1 atom stereocenters. The Kier molecular flexibility index (Phi) is 7.18. The van der Waals surface area contributed by atoms with Crippen LogP contribution >= 0.6 is 11.8 Å².